The maximum atomic E-state index is 14.0. The van der Waals surface area contributed by atoms with Crippen LogP contribution in [0, 0.1) is 11.6 Å². The van der Waals surface area contributed by atoms with Crippen molar-refractivity contribution in [3.63, 3.8) is 0 Å². The number of para-hydroxylation sites is 1. The lowest BCUT2D eigenvalue weighted by atomic mass is 10.3. The first kappa shape index (κ1) is 18.3. The van der Waals surface area contributed by atoms with E-state index in [0.717, 1.165) is 12.1 Å². The lowest BCUT2D eigenvalue weighted by Gasteiger charge is -2.08. The van der Waals surface area contributed by atoms with Gasteiger partial charge in [0.2, 0.25) is 0 Å². The number of thiophene rings is 1. The predicted octanol–water partition coefficient (Wildman–Crippen LogP) is 4.68. The normalized spacial score (nSPS) is 11.5. The lowest BCUT2D eigenvalue weighted by Crippen LogP contribution is -2.14. The molecule has 2 aromatic heterocycles. The number of rotatable bonds is 5. The molecule has 0 unspecified atom stereocenters. The molecule has 0 saturated heterocycles. The maximum absolute atomic E-state index is 14.0. The summed E-state index contributed by atoms with van der Waals surface area (Å²) in [6, 6.07) is 15.2. The first-order valence-corrected chi connectivity index (χ1v) is 10.5. The van der Waals surface area contributed by atoms with Gasteiger partial charge in [0.15, 0.2) is 0 Å². The third-order valence-electron chi connectivity index (χ3n) is 3.92. The number of halogens is 2. The summed E-state index contributed by atoms with van der Waals surface area (Å²) >= 11 is 1.33. The Bertz CT molecular complexity index is 1220. The van der Waals surface area contributed by atoms with Crippen LogP contribution in [-0.4, -0.2) is 18.2 Å². The van der Waals surface area contributed by atoms with Crippen LogP contribution in [0.25, 0.3) is 16.3 Å². The van der Waals surface area contributed by atoms with Crippen LogP contribution in [0.15, 0.2) is 77.1 Å². The molecule has 0 atom stereocenters. The van der Waals surface area contributed by atoms with Crippen LogP contribution in [0.5, 0.6) is 0 Å². The van der Waals surface area contributed by atoms with Crippen molar-refractivity contribution < 1.29 is 17.2 Å². The molecule has 0 bridgehead atoms. The van der Waals surface area contributed by atoms with Gasteiger partial charge in [-0.2, -0.15) is 5.10 Å². The van der Waals surface area contributed by atoms with Crippen LogP contribution in [0.4, 0.5) is 14.5 Å². The third-order valence-corrected chi connectivity index (χ3v) is 6.16. The number of nitrogens with zero attached hydrogens (tertiary/aromatic N) is 2. The molecule has 5 nitrogen and oxygen atoms in total. The van der Waals surface area contributed by atoms with E-state index >= 15 is 0 Å². The summed E-state index contributed by atoms with van der Waals surface area (Å²) in [5, 5.41) is 6.23. The average molecular weight is 417 g/mol. The standard InChI is InChI=1S/C19H13F2N3O2S2/c20-13-8-9-16(15(21)11-13)23-28(25,26)18-12-24(14-5-2-1-3-6-14)22-19(18)17-7-4-10-27-17/h1-12,23H. The highest BCUT2D eigenvalue weighted by atomic mass is 32.2. The minimum atomic E-state index is -4.18. The van der Waals surface area contributed by atoms with Gasteiger partial charge in [-0.1, -0.05) is 24.3 Å². The summed E-state index contributed by atoms with van der Waals surface area (Å²) in [6.45, 7) is 0. The van der Waals surface area contributed by atoms with E-state index < -0.39 is 21.7 Å². The molecule has 0 spiro atoms. The van der Waals surface area contributed by atoms with E-state index in [1.807, 2.05) is 18.2 Å². The molecule has 9 heteroatoms. The van der Waals surface area contributed by atoms with Gasteiger partial charge in [-0.25, -0.2) is 21.9 Å². The highest BCUT2D eigenvalue weighted by molar-refractivity contribution is 7.92. The summed E-state index contributed by atoms with van der Waals surface area (Å²) in [6.07, 6.45) is 1.37. The quantitative estimate of drug-likeness (QED) is 0.513. The zero-order valence-electron chi connectivity index (χ0n) is 14.2. The van der Waals surface area contributed by atoms with Gasteiger partial charge in [0.05, 0.1) is 22.4 Å². The van der Waals surface area contributed by atoms with Crippen molar-refractivity contribution in [2.75, 3.05) is 4.72 Å². The van der Waals surface area contributed by atoms with Crippen molar-refractivity contribution in [3.05, 3.63) is 83.9 Å². The molecule has 0 amide bonds. The number of hydrogen-bond acceptors (Lipinski definition) is 4. The second-order valence-corrected chi connectivity index (χ2v) is 8.43. The van der Waals surface area contributed by atoms with Crippen LogP contribution in [0.2, 0.25) is 0 Å². The molecule has 0 aliphatic rings. The maximum Gasteiger partial charge on any atom is 0.265 e. The highest BCUT2D eigenvalue weighted by Gasteiger charge is 2.26. The molecule has 2 heterocycles. The molecule has 0 aliphatic heterocycles. The largest absolute Gasteiger partial charge is 0.277 e. The lowest BCUT2D eigenvalue weighted by molar-refractivity contribution is 0.583. The highest BCUT2D eigenvalue weighted by Crippen LogP contribution is 2.32. The van der Waals surface area contributed by atoms with E-state index in [4.69, 9.17) is 0 Å². The molecule has 28 heavy (non-hydrogen) atoms. The van der Waals surface area contributed by atoms with E-state index in [1.165, 1.54) is 22.2 Å². The Kier molecular flexibility index (Phi) is 4.70. The van der Waals surface area contributed by atoms with Crippen molar-refractivity contribution in [3.8, 4) is 16.3 Å². The fourth-order valence-electron chi connectivity index (χ4n) is 2.62. The molecule has 4 rings (SSSR count). The molecule has 0 aliphatic carbocycles. The molecule has 4 aromatic rings. The van der Waals surface area contributed by atoms with Crippen molar-refractivity contribution in [2.45, 2.75) is 4.90 Å². The number of benzene rings is 2. The van der Waals surface area contributed by atoms with E-state index in [2.05, 4.69) is 9.82 Å². The Balaban J connectivity index is 1.82. The Morgan fingerprint density at radius 1 is 1.00 bits per heavy atom. The number of sulfonamides is 1. The van der Waals surface area contributed by atoms with Gasteiger partial charge in [0, 0.05) is 6.07 Å². The molecule has 2 aromatic carbocycles. The summed E-state index contributed by atoms with van der Waals surface area (Å²) in [7, 11) is -4.18. The van der Waals surface area contributed by atoms with Gasteiger partial charge in [-0.15, -0.1) is 11.3 Å². The smallest absolute Gasteiger partial charge is 0.265 e. The number of aromatic nitrogens is 2. The molecular weight excluding hydrogens is 404 g/mol. The SMILES string of the molecule is O=S(=O)(Nc1ccc(F)cc1F)c1cn(-c2ccccc2)nc1-c1cccs1. The van der Waals surface area contributed by atoms with Crippen LogP contribution in [-0.2, 0) is 10.0 Å². The Morgan fingerprint density at radius 3 is 2.46 bits per heavy atom. The van der Waals surface area contributed by atoms with Gasteiger partial charge < -0.3 is 0 Å². The first-order valence-electron chi connectivity index (χ1n) is 8.11. The Hall–Kier alpha value is -3.04. The van der Waals surface area contributed by atoms with Crippen LogP contribution >= 0.6 is 11.3 Å². The van der Waals surface area contributed by atoms with Crippen LogP contribution in [0.3, 0.4) is 0 Å². The monoisotopic (exact) mass is 417 g/mol. The van der Waals surface area contributed by atoms with Crippen molar-refractivity contribution in [1.82, 2.24) is 9.78 Å². The fourth-order valence-corrected chi connectivity index (χ4v) is 4.62. The minimum absolute atomic E-state index is 0.109. The van der Waals surface area contributed by atoms with Gasteiger partial charge >= 0.3 is 0 Å². The van der Waals surface area contributed by atoms with Gasteiger partial charge in [0.25, 0.3) is 10.0 Å². The predicted molar refractivity (Wildman–Crippen MR) is 104 cm³/mol. The van der Waals surface area contributed by atoms with E-state index in [9.17, 15) is 17.2 Å². The molecule has 1 N–H and O–H groups in total. The molecule has 0 fully saturated rings. The summed E-state index contributed by atoms with van der Waals surface area (Å²) < 4.78 is 56.7. The van der Waals surface area contributed by atoms with E-state index in [-0.39, 0.29) is 16.3 Å². The zero-order chi connectivity index (χ0) is 19.7. The second-order valence-electron chi connectivity index (χ2n) is 5.83. The number of nitrogens with one attached hydrogen (secondary N) is 1. The van der Waals surface area contributed by atoms with Crippen molar-refractivity contribution >= 4 is 27.0 Å². The van der Waals surface area contributed by atoms with Crippen molar-refractivity contribution in [1.29, 1.82) is 0 Å². The third kappa shape index (κ3) is 3.54. The minimum Gasteiger partial charge on any atom is -0.277 e. The van der Waals surface area contributed by atoms with Gasteiger partial charge in [-0.3, -0.25) is 4.72 Å². The molecular formula is C19H13F2N3O2S2. The first-order chi connectivity index (χ1) is 13.4. The Morgan fingerprint density at radius 2 is 1.79 bits per heavy atom. The van der Waals surface area contributed by atoms with E-state index in [1.54, 1.807) is 29.6 Å². The molecule has 0 saturated carbocycles. The van der Waals surface area contributed by atoms with Gasteiger partial charge in [0.1, 0.15) is 22.2 Å². The number of hydrogen-bond donors (Lipinski definition) is 1. The molecule has 0 radical (unpaired) electrons. The fraction of sp³-hybridized carbons (Fsp3) is 0. The number of anilines is 1. The van der Waals surface area contributed by atoms with Crippen molar-refractivity contribution in [2.24, 2.45) is 0 Å². The topological polar surface area (TPSA) is 64.0 Å². The average Bonchev–Trinajstić information content (AvgIpc) is 3.34. The summed E-state index contributed by atoms with van der Waals surface area (Å²) in [5.74, 6) is -1.80. The summed E-state index contributed by atoms with van der Waals surface area (Å²) in [5.41, 5.74) is 0.578. The van der Waals surface area contributed by atoms with Crippen LogP contribution < -0.4 is 4.72 Å². The Labute approximate surface area is 163 Å². The second kappa shape index (κ2) is 7.17. The summed E-state index contributed by atoms with van der Waals surface area (Å²) in [4.78, 5) is 0.539. The zero-order valence-corrected chi connectivity index (χ0v) is 15.8. The van der Waals surface area contributed by atoms with E-state index in [0.29, 0.717) is 16.6 Å². The van der Waals surface area contributed by atoms with Crippen LogP contribution in [0.1, 0.15) is 0 Å². The van der Waals surface area contributed by atoms with Gasteiger partial charge in [-0.05, 0) is 35.7 Å². The molecule has 142 valence electrons.